The molecule has 98 heavy (non-hydrogen) atoms. The third-order valence-corrected chi connectivity index (χ3v) is 23.4. The van der Waals surface area contributed by atoms with Crippen LogP contribution in [0.3, 0.4) is 0 Å². The minimum atomic E-state index is -0.182. The fourth-order valence-electron chi connectivity index (χ4n) is 15.5. The Morgan fingerprint density at radius 3 is 1.07 bits per heavy atom. The molecule has 0 amide bonds. The molecule has 0 bridgehead atoms. The normalized spacial score (nSPS) is 13.9. The molecular formula is C92H86B2N2S2. The van der Waals surface area contributed by atoms with Crippen molar-refractivity contribution in [3.63, 3.8) is 0 Å². The second-order valence-corrected chi connectivity index (χ2v) is 35.2. The van der Waals surface area contributed by atoms with E-state index in [1.54, 1.807) is 0 Å². The minimum Gasteiger partial charge on any atom is -0.311 e. The molecule has 4 heterocycles. The SMILES string of the molecule is CC(C)(C)c1ccc(N2c3cc4c(cc3B3c5ccc(-c6ccccc6)cc5Sc5cc(-c6cc(C(C)(C)C)cc(C(C)(C)C)c6)cc2c53)B2c3ccc(-c5ccccc5)cc3Sc3cc(C(C)(C)C)cc(c32)N4c2c(-c3ccccc3)cc(C(C)(C)C)cc2-c2ccccc2)cc1. The Hall–Kier alpha value is -8.93. The fourth-order valence-corrected chi connectivity index (χ4v) is 18.0. The maximum absolute atomic E-state index is 2.77. The molecule has 0 atom stereocenters. The van der Waals surface area contributed by atoms with Crippen LogP contribution in [0.2, 0.25) is 0 Å². The summed E-state index contributed by atoms with van der Waals surface area (Å²) in [6, 6.07) is 97.0. The third kappa shape index (κ3) is 11.1. The van der Waals surface area contributed by atoms with Crippen molar-refractivity contribution in [3.05, 3.63) is 277 Å². The molecule has 0 spiro atoms. The molecule has 4 aliphatic heterocycles. The molecule has 0 N–H and O–H groups in total. The van der Waals surface area contributed by atoms with Gasteiger partial charge in [-0.1, -0.05) is 320 Å². The number of fused-ring (bicyclic) bond motifs is 8. The van der Waals surface area contributed by atoms with Crippen molar-refractivity contribution < 1.29 is 0 Å². The van der Waals surface area contributed by atoms with Gasteiger partial charge in [0.25, 0.3) is 0 Å². The van der Waals surface area contributed by atoms with Crippen molar-refractivity contribution in [2.24, 2.45) is 0 Å². The Labute approximate surface area is 592 Å². The van der Waals surface area contributed by atoms with E-state index >= 15 is 0 Å². The molecule has 0 saturated carbocycles. The predicted octanol–water partition coefficient (Wildman–Crippen LogP) is 22.0. The summed E-state index contributed by atoms with van der Waals surface area (Å²) >= 11 is 3.92. The summed E-state index contributed by atoms with van der Waals surface area (Å²) in [4.78, 5) is 10.7. The van der Waals surface area contributed by atoms with Crippen LogP contribution in [-0.4, -0.2) is 13.4 Å². The maximum atomic E-state index is 2.77. The molecule has 16 rings (SSSR count). The molecule has 482 valence electrons. The first-order valence-electron chi connectivity index (χ1n) is 35.2. The van der Waals surface area contributed by atoms with Crippen LogP contribution in [0.5, 0.6) is 0 Å². The highest BCUT2D eigenvalue weighted by Gasteiger charge is 2.48. The van der Waals surface area contributed by atoms with E-state index in [0.717, 1.165) is 5.69 Å². The van der Waals surface area contributed by atoms with Gasteiger partial charge in [0.1, 0.15) is 0 Å². The molecule has 0 radical (unpaired) electrons. The van der Waals surface area contributed by atoms with Gasteiger partial charge in [-0.25, -0.2) is 0 Å². The smallest absolute Gasteiger partial charge is 0.249 e. The summed E-state index contributed by atoms with van der Waals surface area (Å²) in [5, 5.41) is 0. The molecule has 0 saturated heterocycles. The first-order valence-corrected chi connectivity index (χ1v) is 36.8. The van der Waals surface area contributed by atoms with Gasteiger partial charge in [0.15, 0.2) is 0 Å². The van der Waals surface area contributed by atoms with Crippen molar-refractivity contribution >= 4 is 104 Å². The van der Waals surface area contributed by atoms with E-state index < -0.39 is 0 Å². The zero-order valence-corrected chi connectivity index (χ0v) is 61.2. The van der Waals surface area contributed by atoms with Crippen molar-refractivity contribution in [1.29, 1.82) is 0 Å². The first-order chi connectivity index (χ1) is 46.7. The van der Waals surface area contributed by atoms with E-state index in [1.165, 1.54) is 164 Å². The van der Waals surface area contributed by atoms with E-state index in [4.69, 9.17) is 0 Å². The number of benzene rings is 12. The van der Waals surface area contributed by atoms with Gasteiger partial charge in [0.2, 0.25) is 13.4 Å². The van der Waals surface area contributed by atoms with Crippen LogP contribution < -0.4 is 42.6 Å². The molecule has 12 aromatic rings. The quantitative estimate of drug-likeness (QED) is 0.147. The lowest BCUT2D eigenvalue weighted by Gasteiger charge is -2.46. The number of hydrogen-bond donors (Lipinski definition) is 0. The molecule has 12 aromatic carbocycles. The van der Waals surface area contributed by atoms with Crippen molar-refractivity contribution in [2.45, 2.75) is 151 Å². The van der Waals surface area contributed by atoms with Crippen molar-refractivity contribution in [3.8, 4) is 55.6 Å². The lowest BCUT2D eigenvalue weighted by atomic mass is 9.31. The second kappa shape index (κ2) is 23.4. The lowest BCUT2D eigenvalue weighted by Crippen LogP contribution is -2.64. The summed E-state index contributed by atoms with van der Waals surface area (Å²) in [6.45, 7) is 35.2. The number of nitrogens with zero attached hydrogens (tertiary/aromatic N) is 2. The van der Waals surface area contributed by atoms with E-state index in [2.05, 4.69) is 362 Å². The van der Waals surface area contributed by atoms with Crippen molar-refractivity contribution in [2.75, 3.05) is 9.80 Å². The van der Waals surface area contributed by atoms with Gasteiger partial charge in [-0.3, -0.25) is 0 Å². The molecule has 2 nitrogen and oxygen atoms in total. The molecule has 0 fully saturated rings. The molecule has 0 unspecified atom stereocenters. The monoisotopic (exact) mass is 1300 g/mol. The van der Waals surface area contributed by atoms with Gasteiger partial charge in [-0.2, -0.15) is 0 Å². The fraction of sp³-hybridized carbons (Fsp3) is 0.217. The topological polar surface area (TPSA) is 6.48 Å². The summed E-state index contributed by atoms with van der Waals surface area (Å²) in [5.74, 6) is 0. The number of hydrogen-bond acceptors (Lipinski definition) is 4. The molecular weight excluding hydrogens is 1220 g/mol. The van der Waals surface area contributed by atoms with E-state index in [0.29, 0.717) is 0 Å². The highest BCUT2D eigenvalue weighted by molar-refractivity contribution is 8.00. The van der Waals surface area contributed by atoms with Gasteiger partial charge < -0.3 is 9.80 Å². The van der Waals surface area contributed by atoms with Gasteiger partial charge in [-0.15, -0.1) is 0 Å². The first kappa shape index (κ1) is 63.8. The largest absolute Gasteiger partial charge is 0.311 e. The highest BCUT2D eigenvalue weighted by Crippen LogP contribution is 2.54. The molecule has 6 heteroatoms. The van der Waals surface area contributed by atoms with Gasteiger partial charge in [0.05, 0.1) is 5.69 Å². The molecule has 4 aliphatic rings. The van der Waals surface area contributed by atoms with Crippen LogP contribution in [0, 0.1) is 0 Å². The van der Waals surface area contributed by atoms with E-state index in [9.17, 15) is 0 Å². The van der Waals surface area contributed by atoms with E-state index in [-0.39, 0.29) is 40.5 Å². The number of anilines is 6. The van der Waals surface area contributed by atoms with Crippen LogP contribution in [0.4, 0.5) is 34.1 Å². The van der Waals surface area contributed by atoms with Gasteiger partial charge in [0, 0.05) is 59.1 Å². The number of rotatable bonds is 7. The van der Waals surface area contributed by atoms with Crippen LogP contribution in [0.25, 0.3) is 55.6 Å². The zero-order chi connectivity index (χ0) is 68.1. The zero-order valence-electron chi connectivity index (χ0n) is 59.5. The average molecular weight is 1310 g/mol. The minimum absolute atomic E-state index is 0.0477. The second-order valence-electron chi connectivity index (χ2n) is 33.0. The molecule has 0 aromatic heterocycles. The summed E-state index contributed by atoms with van der Waals surface area (Å²) in [6.07, 6.45) is 0. The van der Waals surface area contributed by atoms with Crippen LogP contribution in [0.15, 0.2) is 268 Å². The van der Waals surface area contributed by atoms with Crippen molar-refractivity contribution in [1.82, 2.24) is 0 Å². The Morgan fingerprint density at radius 1 is 0.245 bits per heavy atom. The standard InChI is InChI=1S/C92H86B2N2S2/c1-88(2,3)65-38-40-70(41-39-65)95-77-56-78-76(55-75(77)93-73-42-36-61(57-28-20-16-21-29-57)47-81(73)97-83-49-64(46-79(95)85(83)93)63-44-66(89(4,5)6)50-67(45-63)90(7,8)9)94-74-43-37-62(58-30-22-17-23-31-58)48-82(74)98-84-54-69(92(13,14)15)53-80(86(84)94)96(78)87-71(59-32-24-18-25-33-59)51-68(91(10,11)12)52-72(87)60-34-26-19-27-35-60/h16-56H,1-15H3. The Balaban J connectivity index is 1.07. The van der Waals surface area contributed by atoms with Crippen LogP contribution in [0.1, 0.15) is 132 Å². The van der Waals surface area contributed by atoms with Crippen LogP contribution in [-0.2, 0) is 27.1 Å². The Morgan fingerprint density at radius 2 is 0.622 bits per heavy atom. The average Bonchev–Trinajstić information content (AvgIpc) is 0.690. The van der Waals surface area contributed by atoms with Gasteiger partial charge >= 0.3 is 0 Å². The van der Waals surface area contributed by atoms with E-state index in [1.807, 2.05) is 23.5 Å². The highest BCUT2D eigenvalue weighted by atomic mass is 32.2. The van der Waals surface area contributed by atoms with Crippen LogP contribution >= 0.6 is 23.5 Å². The lowest BCUT2D eigenvalue weighted by molar-refractivity contribution is 0.569. The maximum Gasteiger partial charge on any atom is 0.249 e. The Bertz CT molecular complexity index is 5060. The summed E-state index contributed by atoms with van der Waals surface area (Å²) in [7, 11) is 0. The molecule has 0 aliphatic carbocycles. The summed E-state index contributed by atoms with van der Waals surface area (Å²) < 4.78 is 0. The van der Waals surface area contributed by atoms with Gasteiger partial charge in [-0.05, 0) is 188 Å². The Kier molecular flexibility index (Phi) is 15.2. The predicted molar refractivity (Wildman–Crippen MR) is 427 cm³/mol. The third-order valence-electron chi connectivity index (χ3n) is 21.1. The summed E-state index contributed by atoms with van der Waals surface area (Å²) in [5.41, 5.74) is 33.5.